The third-order valence-electron chi connectivity index (χ3n) is 8.91. The molecule has 2 amide bonds. The number of hydrogen-bond donors (Lipinski definition) is 4. The second kappa shape index (κ2) is 11.2. The second-order valence-corrected chi connectivity index (χ2v) is 12.6. The maximum atomic E-state index is 14.1. The number of thiophene rings is 1. The lowest BCUT2D eigenvalue weighted by molar-refractivity contribution is -0.127. The Labute approximate surface area is 249 Å². The quantitative estimate of drug-likeness (QED) is 0.252. The largest absolute Gasteiger partial charge is 0.490 e. The molecule has 1 aromatic heterocycles. The minimum Gasteiger partial charge on any atom is -0.490 e. The van der Waals surface area contributed by atoms with E-state index in [2.05, 4.69) is 11.9 Å². The van der Waals surface area contributed by atoms with Gasteiger partial charge in [0.05, 0.1) is 21.7 Å². The van der Waals surface area contributed by atoms with Crippen molar-refractivity contribution in [3.05, 3.63) is 70.6 Å². The van der Waals surface area contributed by atoms with Crippen LogP contribution in [0.2, 0.25) is 0 Å². The molecule has 2 heterocycles. The number of rotatable bonds is 6. The summed E-state index contributed by atoms with van der Waals surface area (Å²) >= 11 is 1.22. The molecule has 3 unspecified atom stereocenters. The number of hydrogen-bond acceptors (Lipinski definition) is 8. The summed E-state index contributed by atoms with van der Waals surface area (Å²) in [7, 11) is 0. The Bertz CT molecular complexity index is 1580. The molecule has 2 aliphatic carbocycles. The molecule has 6 rings (SSSR count). The number of nitrogens with zero attached hydrogens (tertiary/aromatic N) is 1. The Morgan fingerprint density at radius 3 is 2.67 bits per heavy atom. The monoisotopic (exact) mass is 587 g/mol. The fourth-order valence-electron chi connectivity index (χ4n) is 6.71. The molecule has 1 aliphatic heterocycles. The molecule has 3 aliphatic rings. The third kappa shape index (κ3) is 4.77. The smallest absolute Gasteiger partial charge is 0.262 e. The highest BCUT2D eigenvalue weighted by atomic mass is 32.1. The minimum atomic E-state index is -1.55. The van der Waals surface area contributed by atoms with Crippen LogP contribution in [0.3, 0.4) is 0 Å². The molecule has 0 spiro atoms. The number of carbonyl (C=O) groups excluding carboxylic acids is 3. The van der Waals surface area contributed by atoms with Gasteiger partial charge in [0, 0.05) is 35.8 Å². The summed E-state index contributed by atoms with van der Waals surface area (Å²) in [6.45, 7) is 4.58. The summed E-state index contributed by atoms with van der Waals surface area (Å²) in [5.41, 5.74) is 20.7. The van der Waals surface area contributed by atoms with Gasteiger partial charge in [0.15, 0.2) is 5.78 Å². The van der Waals surface area contributed by atoms with Gasteiger partial charge >= 0.3 is 0 Å². The topological polar surface area (TPSA) is 154 Å². The number of benzene rings is 2. The van der Waals surface area contributed by atoms with Crippen LogP contribution in [0, 0.1) is 0 Å². The van der Waals surface area contributed by atoms with Gasteiger partial charge in [-0.25, -0.2) is 0 Å². The van der Waals surface area contributed by atoms with E-state index in [-0.39, 0.29) is 24.0 Å². The highest BCUT2D eigenvalue weighted by Gasteiger charge is 2.49. The van der Waals surface area contributed by atoms with Crippen LogP contribution in [-0.2, 0) is 15.1 Å². The van der Waals surface area contributed by atoms with Gasteiger partial charge in [-0.3, -0.25) is 14.4 Å². The zero-order valence-corrected chi connectivity index (χ0v) is 24.4. The first-order valence-electron chi connectivity index (χ1n) is 14.7. The van der Waals surface area contributed by atoms with E-state index in [9.17, 15) is 14.4 Å². The molecule has 220 valence electrons. The van der Waals surface area contributed by atoms with Gasteiger partial charge in [0.2, 0.25) is 5.91 Å². The predicted molar refractivity (Wildman–Crippen MR) is 164 cm³/mol. The van der Waals surface area contributed by atoms with Crippen LogP contribution in [0.15, 0.2) is 49.1 Å². The summed E-state index contributed by atoms with van der Waals surface area (Å²) in [6, 6.07) is 9.54. The number of amides is 2. The van der Waals surface area contributed by atoms with Gasteiger partial charge in [-0.2, -0.15) is 0 Å². The number of nitrogens with one attached hydrogen (secondary N) is 1. The third-order valence-corrected chi connectivity index (χ3v) is 10.2. The maximum absolute atomic E-state index is 14.1. The van der Waals surface area contributed by atoms with E-state index in [1.165, 1.54) is 23.8 Å². The molecule has 1 saturated heterocycles. The minimum absolute atomic E-state index is 0.144. The van der Waals surface area contributed by atoms with Crippen molar-refractivity contribution in [1.82, 2.24) is 10.2 Å². The Morgan fingerprint density at radius 2 is 1.90 bits per heavy atom. The van der Waals surface area contributed by atoms with Crippen LogP contribution in [0.1, 0.15) is 77.3 Å². The fourth-order valence-corrected chi connectivity index (χ4v) is 7.92. The maximum Gasteiger partial charge on any atom is 0.262 e. The van der Waals surface area contributed by atoms with Crippen molar-refractivity contribution in [2.24, 2.45) is 11.5 Å². The molecule has 3 atom stereocenters. The van der Waals surface area contributed by atoms with Gasteiger partial charge < -0.3 is 32.2 Å². The molecular weight excluding hydrogens is 550 g/mol. The van der Waals surface area contributed by atoms with Gasteiger partial charge in [-0.15, -0.1) is 11.3 Å². The van der Waals surface area contributed by atoms with Crippen LogP contribution in [0.25, 0.3) is 10.1 Å². The normalized spacial score (nSPS) is 24.4. The molecule has 1 saturated carbocycles. The van der Waals surface area contributed by atoms with E-state index in [4.69, 9.17) is 21.9 Å². The van der Waals surface area contributed by atoms with Gasteiger partial charge in [-0.1, -0.05) is 31.2 Å². The molecule has 0 bridgehead atoms. The first-order chi connectivity index (χ1) is 20.2. The molecule has 42 heavy (non-hydrogen) atoms. The Kier molecular flexibility index (Phi) is 7.55. The van der Waals surface area contributed by atoms with Crippen molar-refractivity contribution in [2.75, 3.05) is 18.8 Å². The first kappa shape index (κ1) is 28.4. The van der Waals surface area contributed by atoms with E-state index in [1.807, 2.05) is 24.3 Å². The zero-order valence-electron chi connectivity index (χ0n) is 23.6. The van der Waals surface area contributed by atoms with E-state index in [1.54, 1.807) is 17.0 Å². The van der Waals surface area contributed by atoms with E-state index >= 15 is 0 Å². The highest BCUT2D eigenvalue weighted by Crippen LogP contribution is 2.49. The second-order valence-electron chi connectivity index (χ2n) is 11.6. The van der Waals surface area contributed by atoms with Gasteiger partial charge in [0.25, 0.3) is 5.91 Å². The number of anilines is 1. The number of ketones is 1. The Morgan fingerprint density at radius 1 is 1.12 bits per heavy atom. The van der Waals surface area contributed by atoms with Crippen molar-refractivity contribution < 1.29 is 19.1 Å². The van der Waals surface area contributed by atoms with Crippen molar-refractivity contribution in [1.29, 1.82) is 0 Å². The highest BCUT2D eigenvalue weighted by molar-refractivity contribution is 7.21. The average Bonchev–Trinajstić information content (AvgIpc) is 3.42. The lowest BCUT2D eigenvalue weighted by Gasteiger charge is -2.37. The summed E-state index contributed by atoms with van der Waals surface area (Å²) in [5.74, 6) is -0.234. The Hall–Kier alpha value is -3.73. The number of ether oxygens (including phenoxy) is 1. The van der Waals surface area contributed by atoms with E-state index in [0.29, 0.717) is 56.2 Å². The molecule has 2 fully saturated rings. The summed E-state index contributed by atoms with van der Waals surface area (Å²) in [6.07, 6.45) is 8.45. The van der Waals surface area contributed by atoms with Crippen LogP contribution < -0.4 is 27.3 Å². The lowest BCUT2D eigenvalue weighted by atomic mass is 9.70. The number of nitrogen functional groups attached to an aromatic ring is 1. The standard InChI is InChI=1S/C32H37N5O4S/c1-2-24(38)37-15-7-9-19(17-37)36-31(40)29-26-25-22(13-14-23(33)28(25)42-29)32(35,30(39)27(26)34)18-8-6-12-21(16-18)41-20-10-4-3-5-11-20/h2,6,8,12-14,16,19-20,27H,1,3-5,7,9-11,15,17,33-35H2,(H,36,40). The van der Waals surface area contributed by atoms with Crippen LogP contribution in [0.5, 0.6) is 5.75 Å². The fraction of sp³-hybridized carbons (Fsp3) is 0.406. The van der Waals surface area contributed by atoms with Crippen molar-refractivity contribution in [2.45, 2.75) is 68.7 Å². The summed E-state index contributed by atoms with van der Waals surface area (Å²) in [5, 5.41) is 3.72. The van der Waals surface area contributed by atoms with Crippen LogP contribution in [-0.4, -0.2) is 47.7 Å². The zero-order chi connectivity index (χ0) is 29.6. The predicted octanol–water partition coefficient (Wildman–Crippen LogP) is 3.89. The first-order valence-corrected chi connectivity index (χ1v) is 15.5. The van der Waals surface area contributed by atoms with E-state index in [0.717, 1.165) is 38.5 Å². The van der Waals surface area contributed by atoms with Crippen molar-refractivity contribution in [3.8, 4) is 5.75 Å². The summed E-state index contributed by atoms with van der Waals surface area (Å²) < 4.78 is 6.97. The van der Waals surface area contributed by atoms with E-state index < -0.39 is 17.4 Å². The SMILES string of the molecule is C=CC(=O)N1CCCC(NC(=O)c2sc3c(N)ccc4c3c2C(N)C(=O)C4(N)c2cccc(OC3CCCCC3)c2)C1. The number of nitrogens with two attached hydrogens (primary N) is 3. The molecule has 0 radical (unpaired) electrons. The number of carbonyl (C=O) groups is 3. The molecule has 2 aromatic carbocycles. The molecule has 10 heteroatoms. The van der Waals surface area contributed by atoms with Crippen LogP contribution in [0.4, 0.5) is 5.69 Å². The van der Waals surface area contributed by atoms with Crippen molar-refractivity contribution >= 4 is 44.7 Å². The summed E-state index contributed by atoms with van der Waals surface area (Å²) in [4.78, 5) is 42.0. The molecule has 3 aromatic rings. The Balaban J connectivity index is 1.37. The van der Waals surface area contributed by atoms with Gasteiger partial charge in [-0.05, 0) is 73.9 Å². The lowest BCUT2D eigenvalue weighted by Crippen LogP contribution is -2.53. The number of piperidine rings is 1. The molecule has 7 N–H and O–H groups in total. The van der Waals surface area contributed by atoms with Gasteiger partial charge in [0.1, 0.15) is 11.3 Å². The van der Waals surface area contributed by atoms with Crippen molar-refractivity contribution in [3.63, 3.8) is 0 Å². The molecule has 9 nitrogen and oxygen atoms in total. The van der Waals surface area contributed by atoms with Crippen LogP contribution >= 0.6 is 11.3 Å². The number of likely N-dealkylation sites (tertiary alicyclic amines) is 1. The average molecular weight is 588 g/mol. The molecular formula is C32H37N5O4S. The number of Topliss-reactive ketones (excluding diaryl/α,β-unsaturated/α-hetero) is 1.